The lowest BCUT2D eigenvalue weighted by Crippen LogP contribution is -2.29. The molecule has 1 saturated heterocycles. The number of aromatic nitrogens is 2. The maximum absolute atomic E-state index is 5.55. The van der Waals surface area contributed by atoms with Crippen LogP contribution in [0.2, 0.25) is 0 Å². The molecule has 0 aliphatic carbocycles. The number of hydrogen-bond acceptors (Lipinski definition) is 5. The summed E-state index contributed by atoms with van der Waals surface area (Å²) in [6.07, 6.45) is 2.37. The summed E-state index contributed by atoms with van der Waals surface area (Å²) >= 11 is 1.53. The van der Waals surface area contributed by atoms with Gasteiger partial charge in [-0.05, 0) is 33.0 Å². The molecule has 0 bridgehead atoms. The van der Waals surface area contributed by atoms with Crippen molar-refractivity contribution in [3.8, 4) is 0 Å². The Bertz CT molecular complexity index is 277. The molecule has 1 fully saturated rings. The predicted molar refractivity (Wildman–Crippen MR) is 53.8 cm³/mol. The third-order valence-electron chi connectivity index (χ3n) is 2.52. The van der Waals surface area contributed by atoms with E-state index < -0.39 is 0 Å². The molecule has 2 rings (SSSR count). The van der Waals surface area contributed by atoms with Gasteiger partial charge in [0.15, 0.2) is 0 Å². The first kappa shape index (κ1) is 8.90. The number of piperidine rings is 1. The summed E-state index contributed by atoms with van der Waals surface area (Å²) in [5.41, 5.74) is 5.55. The minimum atomic E-state index is 0.589. The molecule has 0 radical (unpaired) electrons. The first-order valence-electron chi connectivity index (χ1n) is 4.53. The molecule has 4 nitrogen and oxygen atoms in total. The first-order chi connectivity index (χ1) is 6.25. The Morgan fingerprint density at radius 1 is 1.38 bits per heavy atom. The molecular formula is C8H14N4S. The number of nitrogens with two attached hydrogens (primary N) is 1. The van der Waals surface area contributed by atoms with Crippen molar-refractivity contribution in [2.45, 2.75) is 18.8 Å². The highest BCUT2D eigenvalue weighted by molar-refractivity contribution is 7.15. The molecule has 0 saturated carbocycles. The second kappa shape index (κ2) is 3.59. The van der Waals surface area contributed by atoms with Crippen molar-refractivity contribution in [2.75, 3.05) is 25.9 Å². The number of anilines is 1. The fourth-order valence-electron chi connectivity index (χ4n) is 1.67. The molecule has 1 aliphatic rings. The number of rotatable bonds is 1. The summed E-state index contributed by atoms with van der Waals surface area (Å²) in [4.78, 5) is 2.35. The molecule has 2 heterocycles. The van der Waals surface area contributed by atoms with Gasteiger partial charge in [0.1, 0.15) is 5.01 Å². The number of hydrogen-bond donors (Lipinski definition) is 1. The van der Waals surface area contributed by atoms with Crippen molar-refractivity contribution in [1.82, 2.24) is 15.1 Å². The molecule has 13 heavy (non-hydrogen) atoms. The lowest BCUT2D eigenvalue weighted by atomic mass is 9.98. The van der Waals surface area contributed by atoms with E-state index >= 15 is 0 Å². The smallest absolute Gasteiger partial charge is 0.203 e. The van der Waals surface area contributed by atoms with Gasteiger partial charge in [-0.25, -0.2) is 0 Å². The fraction of sp³-hybridized carbons (Fsp3) is 0.750. The molecule has 2 N–H and O–H groups in total. The Labute approximate surface area is 81.8 Å². The standard InChI is InChI=1S/C8H14N4S/c1-12-4-2-6(3-5-12)7-10-11-8(9)13-7/h6H,2-5H2,1H3,(H2,9,11). The van der Waals surface area contributed by atoms with E-state index in [-0.39, 0.29) is 0 Å². The lowest BCUT2D eigenvalue weighted by Gasteiger charge is -2.27. The summed E-state index contributed by atoms with van der Waals surface area (Å²) in [7, 11) is 2.16. The van der Waals surface area contributed by atoms with Crippen LogP contribution >= 0.6 is 11.3 Å². The third-order valence-corrected chi connectivity index (χ3v) is 3.44. The summed E-state index contributed by atoms with van der Waals surface area (Å²) in [5, 5.41) is 9.64. The van der Waals surface area contributed by atoms with Gasteiger partial charge >= 0.3 is 0 Å². The van der Waals surface area contributed by atoms with Crippen LogP contribution in [0.25, 0.3) is 0 Å². The normalized spacial score (nSPS) is 20.7. The minimum absolute atomic E-state index is 0.589. The van der Waals surface area contributed by atoms with Gasteiger partial charge in [-0.3, -0.25) is 0 Å². The third kappa shape index (κ3) is 1.97. The van der Waals surface area contributed by atoms with E-state index in [1.165, 1.54) is 24.2 Å². The summed E-state index contributed by atoms with van der Waals surface area (Å²) < 4.78 is 0. The minimum Gasteiger partial charge on any atom is -0.374 e. The van der Waals surface area contributed by atoms with Crippen molar-refractivity contribution in [3.63, 3.8) is 0 Å². The topological polar surface area (TPSA) is 55.0 Å². The average molecular weight is 198 g/mol. The van der Waals surface area contributed by atoms with Gasteiger partial charge in [0, 0.05) is 5.92 Å². The van der Waals surface area contributed by atoms with Crippen LogP contribution in [0.3, 0.4) is 0 Å². The number of nitrogens with zero attached hydrogens (tertiary/aromatic N) is 3. The summed E-state index contributed by atoms with van der Waals surface area (Å²) in [5.74, 6) is 0.589. The molecule has 1 aromatic heterocycles. The van der Waals surface area contributed by atoms with Gasteiger partial charge in [0.25, 0.3) is 0 Å². The van der Waals surface area contributed by atoms with Crippen LogP contribution < -0.4 is 5.73 Å². The highest BCUT2D eigenvalue weighted by Crippen LogP contribution is 2.29. The molecule has 0 spiro atoms. The molecule has 0 unspecified atom stereocenters. The Kier molecular flexibility index (Phi) is 2.46. The number of nitrogen functional groups attached to an aromatic ring is 1. The van der Waals surface area contributed by atoms with E-state index in [9.17, 15) is 0 Å². The van der Waals surface area contributed by atoms with Gasteiger partial charge in [-0.15, -0.1) is 10.2 Å². The Morgan fingerprint density at radius 2 is 2.08 bits per heavy atom. The zero-order chi connectivity index (χ0) is 9.26. The maximum atomic E-state index is 5.55. The highest BCUT2D eigenvalue weighted by Gasteiger charge is 2.21. The molecule has 0 amide bonds. The highest BCUT2D eigenvalue weighted by atomic mass is 32.1. The van der Waals surface area contributed by atoms with Crippen LogP contribution in [0.5, 0.6) is 0 Å². The van der Waals surface area contributed by atoms with Crippen molar-refractivity contribution >= 4 is 16.5 Å². The predicted octanol–water partition coefficient (Wildman–Crippen LogP) is 0.930. The molecule has 0 aromatic carbocycles. The zero-order valence-electron chi connectivity index (χ0n) is 7.73. The quantitative estimate of drug-likeness (QED) is 0.729. The van der Waals surface area contributed by atoms with Gasteiger partial charge in [0.2, 0.25) is 5.13 Å². The van der Waals surface area contributed by atoms with Crippen molar-refractivity contribution in [2.24, 2.45) is 0 Å². The fourth-order valence-corrected chi connectivity index (χ4v) is 2.45. The Balaban J connectivity index is 2.02. The molecular weight excluding hydrogens is 184 g/mol. The van der Waals surface area contributed by atoms with E-state index in [2.05, 4.69) is 22.1 Å². The average Bonchev–Trinajstić information content (AvgIpc) is 2.53. The van der Waals surface area contributed by atoms with Gasteiger partial charge in [0.05, 0.1) is 0 Å². The molecule has 5 heteroatoms. The van der Waals surface area contributed by atoms with E-state index in [0.29, 0.717) is 11.0 Å². The Hall–Kier alpha value is -0.680. The monoisotopic (exact) mass is 198 g/mol. The molecule has 1 aliphatic heterocycles. The summed E-state index contributed by atoms with van der Waals surface area (Å²) in [6, 6.07) is 0. The number of likely N-dealkylation sites (tertiary alicyclic amines) is 1. The molecule has 1 aromatic rings. The summed E-state index contributed by atoms with van der Waals surface area (Å²) in [6.45, 7) is 2.31. The molecule has 72 valence electrons. The first-order valence-corrected chi connectivity index (χ1v) is 5.35. The SMILES string of the molecule is CN1CCC(c2nnc(N)s2)CC1. The second-order valence-electron chi connectivity index (χ2n) is 3.56. The van der Waals surface area contributed by atoms with Gasteiger partial charge in [-0.1, -0.05) is 11.3 Å². The van der Waals surface area contributed by atoms with Gasteiger partial charge < -0.3 is 10.6 Å². The van der Waals surface area contributed by atoms with Crippen molar-refractivity contribution < 1.29 is 0 Å². The largest absolute Gasteiger partial charge is 0.374 e. The second-order valence-corrected chi connectivity index (χ2v) is 4.60. The van der Waals surface area contributed by atoms with Crippen LogP contribution in [-0.2, 0) is 0 Å². The van der Waals surface area contributed by atoms with Crippen LogP contribution in [0.15, 0.2) is 0 Å². The maximum Gasteiger partial charge on any atom is 0.203 e. The lowest BCUT2D eigenvalue weighted by molar-refractivity contribution is 0.255. The van der Waals surface area contributed by atoms with E-state index in [4.69, 9.17) is 5.73 Å². The van der Waals surface area contributed by atoms with Crippen LogP contribution in [0, 0.1) is 0 Å². The van der Waals surface area contributed by atoms with Crippen molar-refractivity contribution in [3.05, 3.63) is 5.01 Å². The van der Waals surface area contributed by atoms with Crippen LogP contribution in [-0.4, -0.2) is 35.2 Å². The van der Waals surface area contributed by atoms with Gasteiger partial charge in [-0.2, -0.15) is 0 Å². The van der Waals surface area contributed by atoms with Crippen LogP contribution in [0.4, 0.5) is 5.13 Å². The Morgan fingerprint density at radius 3 is 2.62 bits per heavy atom. The van der Waals surface area contributed by atoms with E-state index in [1.807, 2.05) is 0 Å². The van der Waals surface area contributed by atoms with E-state index in [1.54, 1.807) is 0 Å². The molecule has 0 atom stereocenters. The van der Waals surface area contributed by atoms with Crippen LogP contribution in [0.1, 0.15) is 23.8 Å². The van der Waals surface area contributed by atoms with Crippen molar-refractivity contribution in [1.29, 1.82) is 0 Å². The zero-order valence-corrected chi connectivity index (χ0v) is 8.55. The van der Waals surface area contributed by atoms with E-state index in [0.717, 1.165) is 18.1 Å².